The maximum absolute atomic E-state index is 12.3. The molecular formula is C23H18ClN3O4S. The molecule has 2 aromatic carbocycles. The Balaban J connectivity index is 1.26. The summed E-state index contributed by atoms with van der Waals surface area (Å²) in [6.07, 6.45) is 1.50. The van der Waals surface area contributed by atoms with E-state index in [-0.39, 0.29) is 18.1 Å². The number of ether oxygens (including phenoxy) is 1. The van der Waals surface area contributed by atoms with Crippen LogP contribution in [0.1, 0.15) is 21.8 Å². The van der Waals surface area contributed by atoms with E-state index in [1.807, 2.05) is 24.3 Å². The van der Waals surface area contributed by atoms with Gasteiger partial charge in [0.15, 0.2) is 10.9 Å². The molecule has 2 amide bonds. The third-order valence-electron chi connectivity index (χ3n) is 4.35. The maximum atomic E-state index is 12.3. The minimum Gasteiger partial charge on any atom is -0.489 e. The van der Waals surface area contributed by atoms with Crippen molar-refractivity contribution >= 4 is 45.6 Å². The van der Waals surface area contributed by atoms with E-state index >= 15 is 0 Å². The first-order valence-electron chi connectivity index (χ1n) is 9.62. The number of carbonyl (C=O) groups excluding carboxylic acids is 2. The second kappa shape index (κ2) is 10.1. The third kappa shape index (κ3) is 5.75. The molecule has 0 saturated carbocycles. The number of hydrogen-bond acceptors (Lipinski definition) is 6. The molecule has 9 heteroatoms. The molecule has 0 aliphatic rings. The van der Waals surface area contributed by atoms with Gasteiger partial charge in [0, 0.05) is 21.7 Å². The highest BCUT2D eigenvalue weighted by Gasteiger charge is 2.13. The van der Waals surface area contributed by atoms with Gasteiger partial charge in [0.1, 0.15) is 12.4 Å². The Hall–Kier alpha value is -3.62. The van der Waals surface area contributed by atoms with Crippen molar-refractivity contribution < 1.29 is 18.7 Å². The number of anilines is 2. The highest BCUT2D eigenvalue weighted by molar-refractivity contribution is 7.14. The van der Waals surface area contributed by atoms with Gasteiger partial charge in [-0.15, -0.1) is 11.3 Å². The summed E-state index contributed by atoms with van der Waals surface area (Å²) in [5.41, 5.74) is 2.10. The maximum Gasteiger partial charge on any atom is 0.293 e. The van der Waals surface area contributed by atoms with Crippen LogP contribution in [0.4, 0.5) is 10.8 Å². The number of nitrogens with one attached hydrogen (secondary N) is 2. The Morgan fingerprint density at radius 2 is 1.84 bits per heavy atom. The van der Waals surface area contributed by atoms with Gasteiger partial charge in [0.25, 0.3) is 5.91 Å². The van der Waals surface area contributed by atoms with E-state index in [1.165, 1.54) is 17.6 Å². The third-order valence-corrected chi connectivity index (χ3v) is 5.52. The minimum atomic E-state index is -0.391. The Kier molecular flexibility index (Phi) is 6.84. The number of furan rings is 1. The van der Waals surface area contributed by atoms with Crippen LogP contribution in [0.2, 0.25) is 5.02 Å². The molecule has 32 heavy (non-hydrogen) atoms. The molecule has 4 aromatic rings. The zero-order chi connectivity index (χ0) is 22.3. The van der Waals surface area contributed by atoms with Gasteiger partial charge in [0.2, 0.25) is 5.91 Å². The summed E-state index contributed by atoms with van der Waals surface area (Å²) < 4.78 is 10.8. The quantitative estimate of drug-likeness (QED) is 0.362. The van der Waals surface area contributed by atoms with Crippen LogP contribution in [0.25, 0.3) is 0 Å². The molecule has 2 heterocycles. The van der Waals surface area contributed by atoms with Crippen LogP contribution in [-0.2, 0) is 17.8 Å². The summed E-state index contributed by atoms with van der Waals surface area (Å²) in [5.74, 6) is 0.249. The number of halogens is 1. The van der Waals surface area contributed by atoms with Crippen molar-refractivity contribution in [2.24, 2.45) is 0 Å². The van der Waals surface area contributed by atoms with E-state index < -0.39 is 5.91 Å². The van der Waals surface area contributed by atoms with Crippen molar-refractivity contribution in [2.75, 3.05) is 10.6 Å². The van der Waals surface area contributed by atoms with Crippen molar-refractivity contribution in [3.63, 3.8) is 0 Å². The van der Waals surface area contributed by atoms with Crippen molar-refractivity contribution in [2.45, 2.75) is 13.0 Å². The van der Waals surface area contributed by atoms with Crippen LogP contribution in [0, 0.1) is 0 Å². The van der Waals surface area contributed by atoms with Gasteiger partial charge in [-0.2, -0.15) is 0 Å². The molecule has 0 fully saturated rings. The van der Waals surface area contributed by atoms with Gasteiger partial charge in [0.05, 0.1) is 18.4 Å². The summed E-state index contributed by atoms with van der Waals surface area (Å²) in [6.45, 7) is 0.355. The van der Waals surface area contributed by atoms with E-state index in [4.69, 9.17) is 20.8 Å². The van der Waals surface area contributed by atoms with Crippen LogP contribution in [0.5, 0.6) is 5.75 Å². The number of hydrogen-bond donors (Lipinski definition) is 2. The summed E-state index contributed by atoms with van der Waals surface area (Å²) in [6, 6.07) is 17.8. The molecule has 0 aliphatic carbocycles. The average Bonchev–Trinajstić information content (AvgIpc) is 3.47. The SMILES string of the molecule is O=C(Cc1csc(NC(=O)c2ccco2)n1)Nc1ccc(OCc2ccccc2Cl)cc1. The predicted molar refractivity (Wildman–Crippen MR) is 123 cm³/mol. The van der Waals surface area contributed by atoms with E-state index in [0.29, 0.717) is 33.9 Å². The lowest BCUT2D eigenvalue weighted by molar-refractivity contribution is -0.115. The Morgan fingerprint density at radius 3 is 2.59 bits per heavy atom. The fourth-order valence-electron chi connectivity index (χ4n) is 2.79. The normalized spacial score (nSPS) is 10.5. The van der Waals surface area contributed by atoms with Crippen molar-refractivity contribution in [3.05, 3.63) is 94.3 Å². The van der Waals surface area contributed by atoms with E-state index in [1.54, 1.807) is 41.8 Å². The van der Waals surface area contributed by atoms with E-state index in [9.17, 15) is 9.59 Å². The lowest BCUT2D eigenvalue weighted by Gasteiger charge is -2.09. The second-order valence-corrected chi connectivity index (χ2v) is 7.97. The number of rotatable bonds is 8. The number of carbonyl (C=O) groups is 2. The van der Waals surface area contributed by atoms with Crippen LogP contribution in [-0.4, -0.2) is 16.8 Å². The molecule has 162 valence electrons. The Morgan fingerprint density at radius 1 is 1.03 bits per heavy atom. The molecule has 0 bridgehead atoms. The van der Waals surface area contributed by atoms with Gasteiger partial charge >= 0.3 is 0 Å². The number of nitrogens with zero attached hydrogens (tertiary/aromatic N) is 1. The fraction of sp³-hybridized carbons (Fsp3) is 0.0870. The molecule has 0 atom stereocenters. The number of amides is 2. The zero-order valence-electron chi connectivity index (χ0n) is 16.7. The van der Waals surface area contributed by atoms with Gasteiger partial charge in [-0.05, 0) is 42.5 Å². The zero-order valence-corrected chi connectivity index (χ0v) is 18.3. The molecule has 2 aromatic heterocycles. The molecule has 0 radical (unpaired) electrons. The van der Waals surface area contributed by atoms with Crippen LogP contribution >= 0.6 is 22.9 Å². The second-order valence-electron chi connectivity index (χ2n) is 6.70. The molecular weight excluding hydrogens is 450 g/mol. The highest BCUT2D eigenvalue weighted by atomic mass is 35.5. The van der Waals surface area contributed by atoms with Crippen molar-refractivity contribution in [1.82, 2.24) is 4.98 Å². The Bertz CT molecular complexity index is 1210. The predicted octanol–water partition coefficient (Wildman–Crippen LogP) is 5.40. The molecule has 7 nitrogen and oxygen atoms in total. The molecule has 0 aliphatic heterocycles. The van der Waals surface area contributed by atoms with Gasteiger partial charge < -0.3 is 14.5 Å². The first-order valence-corrected chi connectivity index (χ1v) is 10.9. The van der Waals surface area contributed by atoms with E-state index in [0.717, 1.165) is 5.56 Å². The lowest BCUT2D eigenvalue weighted by Crippen LogP contribution is -2.15. The molecule has 0 unspecified atom stereocenters. The van der Waals surface area contributed by atoms with Gasteiger partial charge in [-0.1, -0.05) is 29.8 Å². The summed E-state index contributed by atoms with van der Waals surface area (Å²) in [5, 5.41) is 8.24. The summed E-state index contributed by atoms with van der Waals surface area (Å²) in [7, 11) is 0. The topological polar surface area (TPSA) is 93.5 Å². The van der Waals surface area contributed by atoms with Crippen LogP contribution in [0.3, 0.4) is 0 Å². The first kappa shape index (κ1) is 21.6. The first-order chi connectivity index (χ1) is 15.6. The van der Waals surface area contributed by atoms with Crippen molar-refractivity contribution in [3.8, 4) is 5.75 Å². The molecule has 4 rings (SSSR count). The smallest absolute Gasteiger partial charge is 0.293 e. The standard InChI is InChI=1S/C23H18ClN3O4S/c24-19-5-2-1-4-15(19)13-31-18-9-7-16(8-10-18)25-21(28)12-17-14-32-23(26-17)27-22(29)20-6-3-11-30-20/h1-11,14H,12-13H2,(H,25,28)(H,26,27,29). The number of benzene rings is 2. The highest BCUT2D eigenvalue weighted by Crippen LogP contribution is 2.21. The van der Waals surface area contributed by atoms with Gasteiger partial charge in [-0.3, -0.25) is 14.9 Å². The number of thiazole rings is 1. The van der Waals surface area contributed by atoms with E-state index in [2.05, 4.69) is 15.6 Å². The summed E-state index contributed by atoms with van der Waals surface area (Å²) in [4.78, 5) is 28.6. The fourth-order valence-corrected chi connectivity index (χ4v) is 3.69. The van der Waals surface area contributed by atoms with Crippen LogP contribution < -0.4 is 15.4 Å². The lowest BCUT2D eigenvalue weighted by atomic mass is 10.2. The molecule has 0 saturated heterocycles. The monoisotopic (exact) mass is 467 g/mol. The summed E-state index contributed by atoms with van der Waals surface area (Å²) >= 11 is 7.37. The largest absolute Gasteiger partial charge is 0.489 e. The molecule has 2 N–H and O–H groups in total. The minimum absolute atomic E-state index is 0.0812. The average molecular weight is 468 g/mol. The van der Waals surface area contributed by atoms with Crippen LogP contribution in [0.15, 0.2) is 76.7 Å². The number of aromatic nitrogens is 1. The van der Waals surface area contributed by atoms with Crippen molar-refractivity contribution in [1.29, 1.82) is 0 Å². The molecule has 0 spiro atoms. The Labute approximate surface area is 193 Å². The van der Waals surface area contributed by atoms with Gasteiger partial charge in [-0.25, -0.2) is 4.98 Å².